The Kier molecular flexibility index (Phi) is 4.14. The Balaban J connectivity index is 4.23. The Hall–Kier alpha value is -1.16. The fraction of sp³-hybridized carbons (Fsp3) is 0.429. The van der Waals surface area contributed by atoms with Crippen LogP contribution in [0.4, 0.5) is 0 Å². The number of nitrogens with one attached hydrogen (secondary N) is 1. The van der Waals surface area contributed by atoms with Crippen molar-refractivity contribution < 1.29 is 10.0 Å². The first-order valence-electron chi connectivity index (χ1n) is 3.20. The molecule has 1 amide bonds. The normalized spacial score (nSPS) is 10.7. The summed E-state index contributed by atoms with van der Waals surface area (Å²) in [6.45, 7) is 5.26. The molecule has 0 bridgehead atoms. The van der Waals surface area contributed by atoms with Gasteiger partial charge in [0, 0.05) is 6.20 Å². The maximum absolute atomic E-state index is 10.6. The molecule has 0 saturated heterocycles. The van der Waals surface area contributed by atoms with Crippen molar-refractivity contribution in [2.75, 3.05) is 0 Å². The number of rotatable bonds is 2. The van der Waals surface area contributed by atoms with Gasteiger partial charge >= 0.3 is 0 Å². The van der Waals surface area contributed by atoms with Gasteiger partial charge in [-0.05, 0) is 20.8 Å². The summed E-state index contributed by atoms with van der Waals surface area (Å²) in [6.07, 6.45) is 1.56. The topological polar surface area (TPSA) is 61.7 Å². The van der Waals surface area contributed by atoms with Gasteiger partial charge in [-0.25, -0.2) is 5.48 Å². The Labute approximate surface area is 65.6 Å². The maximum atomic E-state index is 10.6. The van der Waals surface area contributed by atoms with Gasteiger partial charge in [0.15, 0.2) is 0 Å². The van der Waals surface area contributed by atoms with Crippen LogP contribution in [0.25, 0.3) is 0 Å². The first-order valence-corrected chi connectivity index (χ1v) is 3.20. The minimum absolute atomic E-state index is 0.230. The van der Waals surface area contributed by atoms with Gasteiger partial charge in [-0.2, -0.15) is 0 Å². The summed E-state index contributed by atoms with van der Waals surface area (Å²) in [4.78, 5) is 14.4. The van der Waals surface area contributed by atoms with Gasteiger partial charge in [0.1, 0.15) is 5.71 Å². The molecular weight excluding hydrogens is 144 g/mol. The molecule has 0 rings (SSSR count). The summed E-state index contributed by atoms with van der Waals surface area (Å²) in [7, 11) is 0. The van der Waals surface area contributed by atoms with E-state index in [1.165, 1.54) is 12.4 Å². The molecule has 0 unspecified atom stereocenters. The molecule has 0 fully saturated rings. The second-order valence-corrected chi connectivity index (χ2v) is 2.36. The third-order valence-electron chi connectivity index (χ3n) is 0.947. The van der Waals surface area contributed by atoms with Gasteiger partial charge < -0.3 is 0 Å². The number of carbonyl (C=O) groups excluding carboxylic acids is 1. The van der Waals surface area contributed by atoms with Gasteiger partial charge in [-0.3, -0.25) is 15.0 Å². The van der Waals surface area contributed by atoms with Crippen molar-refractivity contribution in [1.29, 1.82) is 0 Å². The molecule has 4 heteroatoms. The van der Waals surface area contributed by atoms with E-state index in [-0.39, 0.29) is 5.71 Å². The monoisotopic (exact) mass is 156 g/mol. The van der Waals surface area contributed by atoms with Crippen LogP contribution in [0.3, 0.4) is 0 Å². The summed E-state index contributed by atoms with van der Waals surface area (Å²) in [6, 6.07) is 0. The zero-order valence-electron chi connectivity index (χ0n) is 6.88. The molecule has 0 aromatic heterocycles. The van der Waals surface area contributed by atoms with Crippen molar-refractivity contribution >= 4 is 11.6 Å². The summed E-state index contributed by atoms with van der Waals surface area (Å²) in [5.41, 5.74) is 2.72. The summed E-state index contributed by atoms with van der Waals surface area (Å²) in [5.74, 6) is -0.581. The number of amides is 1. The van der Waals surface area contributed by atoms with E-state index in [4.69, 9.17) is 5.21 Å². The molecular formula is C7H12N2O2. The molecule has 4 nitrogen and oxygen atoms in total. The fourth-order valence-corrected chi connectivity index (χ4v) is 0.365. The number of hydrogen-bond donors (Lipinski definition) is 2. The zero-order chi connectivity index (χ0) is 8.85. The number of hydrogen-bond acceptors (Lipinski definition) is 3. The smallest absolute Gasteiger partial charge is 0.288 e. The third-order valence-corrected chi connectivity index (χ3v) is 0.947. The molecule has 0 aromatic carbocycles. The molecule has 0 heterocycles. The van der Waals surface area contributed by atoms with Crippen molar-refractivity contribution in [3.05, 3.63) is 11.8 Å². The average molecular weight is 156 g/mol. The van der Waals surface area contributed by atoms with Gasteiger partial charge in [-0.15, -0.1) is 0 Å². The van der Waals surface area contributed by atoms with E-state index < -0.39 is 5.91 Å². The van der Waals surface area contributed by atoms with Crippen LogP contribution in [0.2, 0.25) is 0 Å². The van der Waals surface area contributed by atoms with E-state index in [0.717, 1.165) is 5.57 Å². The van der Waals surface area contributed by atoms with Crippen molar-refractivity contribution in [1.82, 2.24) is 5.48 Å². The van der Waals surface area contributed by atoms with Crippen molar-refractivity contribution in [3.63, 3.8) is 0 Å². The van der Waals surface area contributed by atoms with Crippen LogP contribution in [0.1, 0.15) is 20.8 Å². The number of nitrogens with zero attached hydrogens (tertiary/aromatic N) is 1. The molecule has 0 aliphatic heterocycles. The lowest BCUT2D eigenvalue weighted by Gasteiger charge is -1.93. The lowest BCUT2D eigenvalue weighted by Crippen LogP contribution is -2.25. The molecule has 0 aliphatic carbocycles. The molecule has 62 valence electrons. The third kappa shape index (κ3) is 4.27. The molecule has 0 radical (unpaired) electrons. The predicted molar refractivity (Wildman–Crippen MR) is 42.5 cm³/mol. The van der Waals surface area contributed by atoms with Gasteiger partial charge in [-0.1, -0.05) is 5.57 Å². The molecule has 0 aliphatic rings. The average Bonchev–Trinajstić information content (AvgIpc) is 1.98. The highest BCUT2D eigenvalue weighted by molar-refractivity contribution is 6.37. The van der Waals surface area contributed by atoms with E-state index in [0.29, 0.717) is 0 Å². The SMILES string of the molecule is CC(C)=C/N=C(/C)C(=O)NO. The molecule has 0 spiro atoms. The quantitative estimate of drug-likeness (QED) is 0.354. The summed E-state index contributed by atoms with van der Waals surface area (Å²) < 4.78 is 0. The van der Waals surface area contributed by atoms with E-state index in [1.54, 1.807) is 6.20 Å². The van der Waals surface area contributed by atoms with Crippen molar-refractivity contribution in [2.45, 2.75) is 20.8 Å². The van der Waals surface area contributed by atoms with E-state index in [1.807, 2.05) is 13.8 Å². The largest absolute Gasteiger partial charge is 0.288 e. The van der Waals surface area contributed by atoms with Gasteiger partial charge in [0.05, 0.1) is 0 Å². The molecule has 0 atom stereocenters. The van der Waals surface area contributed by atoms with Crippen LogP contribution in [-0.4, -0.2) is 16.8 Å². The fourth-order valence-electron chi connectivity index (χ4n) is 0.365. The van der Waals surface area contributed by atoms with Crippen LogP contribution in [0.5, 0.6) is 0 Å². The van der Waals surface area contributed by atoms with Crippen LogP contribution in [0.15, 0.2) is 16.8 Å². The highest BCUT2D eigenvalue weighted by Gasteiger charge is 2.00. The Morgan fingerprint density at radius 3 is 2.36 bits per heavy atom. The highest BCUT2D eigenvalue weighted by Crippen LogP contribution is 1.89. The number of hydroxylamine groups is 1. The van der Waals surface area contributed by atoms with E-state index in [2.05, 4.69) is 4.99 Å². The molecule has 0 saturated carbocycles. The van der Waals surface area contributed by atoms with Crippen LogP contribution >= 0.6 is 0 Å². The minimum Gasteiger partial charge on any atom is -0.288 e. The van der Waals surface area contributed by atoms with E-state index in [9.17, 15) is 4.79 Å². The number of carbonyl (C=O) groups is 1. The maximum Gasteiger partial charge on any atom is 0.288 e. The van der Waals surface area contributed by atoms with E-state index >= 15 is 0 Å². The van der Waals surface area contributed by atoms with Crippen LogP contribution in [0, 0.1) is 0 Å². The lowest BCUT2D eigenvalue weighted by atomic mass is 10.4. The second-order valence-electron chi connectivity index (χ2n) is 2.36. The Morgan fingerprint density at radius 1 is 1.45 bits per heavy atom. The highest BCUT2D eigenvalue weighted by atomic mass is 16.5. The van der Waals surface area contributed by atoms with Crippen LogP contribution in [-0.2, 0) is 4.79 Å². The molecule has 2 N–H and O–H groups in total. The second kappa shape index (κ2) is 4.62. The summed E-state index contributed by atoms with van der Waals surface area (Å²) in [5, 5.41) is 8.17. The zero-order valence-corrected chi connectivity index (χ0v) is 6.88. The van der Waals surface area contributed by atoms with Crippen molar-refractivity contribution in [2.24, 2.45) is 4.99 Å². The van der Waals surface area contributed by atoms with Crippen molar-refractivity contribution in [3.8, 4) is 0 Å². The van der Waals surface area contributed by atoms with Gasteiger partial charge in [0.2, 0.25) is 0 Å². The van der Waals surface area contributed by atoms with Crippen LogP contribution < -0.4 is 5.48 Å². The molecule has 0 aromatic rings. The standard InChI is InChI=1S/C7H12N2O2/c1-5(2)4-8-6(3)7(10)9-11/h4,11H,1-3H3,(H,9,10)/b8-6-. The summed E-state index contributed by atoms with van der Waals surface area (Å²) >= 11 is 0. The Bertz CT molecular complexity index is 202. The lowest BCUT2D eigenvalue weighted by molar-refractivity contribution is -0.122. The first kappa shape index (κ1) is 9.84. The minimum atomic E-state index is -0.581. The first-order chi connectivity index (χ1) is 5.07. The number of allylic oxidation sites excluding steroid dienone is 1. The number of aliphatic imine (C=N–C) groups is 1. The van der Waals surface area contributed by atoms with Gasteiger partial charge in [0.25, 0.3) is 5.91 Å². The Morgan fingerprint density at radius 2 is 2.00 bits per heavy atom. The molecule has 11 heavy (non-hydrogen) atoms. The predicted octanol–water partition coefficient (Wildman–Crippen LogP) is 0.876.